The van der Waals surface area contributed by atoms with Gasteiger partial charge in [-0.05, 0) is 36.8 Å². The van der Waals surface area contributed by atoms with E-state index in [1.165, 1.54) is 6.42 Å². The zero-order chi connectivity index (χ0) is 11.2. The van der Waals surface area contributed by atoms with Crippen molar-refractivity contribution in [2.75, 3.05) is 19.6 Å². The summed E-state index contributed by atoms with van der Waals surface area (Å²) in [4.78, 5) is 0. The van der Waals surface area contributed by atoms with E-state index in [1.54, 1.807) is 0 Å². The Kier molecular flexibility index (Phi) is 6.38. The van der Waals surface area contributed by atoms with Gasteiger partial charge in [0, 0.05) is 6.54 Å². The molecule has 0 amide bonds. The number of hydrogen-bond donors (Lipinski definition) is 2. The highest BCUT2D eigenvalue weighted by atomic mass is 14.9. The average Bonchev–Trinajstić information content (AvgIpc) is 2.01. The first-order valence-corrected chi connectivity index (χ1v) is 5.78. The molecule has 0 aliphatic carbocycles. The van der Waals surface area contributed by atoms with Gasteiger partial charge in [0.15, 0.2) is 0 Å². The van der Waals surface area contributed by atoms with E-state index in [9.17, 15) is 0 Å². The molecule has 0 spiro atoms. The van der Waals surface area contributed by atoms with E-state index in [1.807, 2.05) is 0 Å². The first-order chi connectivity index (χ1) is 6.37. The molecule has 2 heteroatoms. The van der Waals surface area contributed by atoms with E-state index < -0.39 is 0 Å². The summed E-state index contributed by atoms with van der Waals surface area (Å²) in [5, 5.41) is 3.50. The molecule has 0 aromatic heterocycles. The number of hydrogen-bond acceptors (Lipinski definition) is 2. The lowest BCUT2D eigenvalue weighted by molar-refractivity contribution is 0.269. The number of nitrogens with one attached hydrogen (secondary N) is 1. The third kappa shape index (κ3) is 7.34. The molecule has 0 rings (SSSR count). The maximum absolute atomic E-state index is 5.56. The van der Waals surface area contributed by atoms with E-state index in [0.717, 1.165) is 25.6 Å². The van der Waals surface area contributed by atoms with E-state index in [0.29, 0.717) is 11.3 Å². The Bertz CT molecular complexity index is 141. The quantitative estimate of drug-likeness (QED) is 0.661. The molecule has 0 aliphatic heterocycles. The maximum Gasteiger partial charge on any atom is 0.000274 e. The van der Waals surface area contributed by atoms with Crippen LogP contribution >= 0.6 is 0 Å². The molecule has 14 heavy (non-hydrogen) atoms. The zero-order valence-corrected chi connectivity index (χ0v) is 10.6. The summed E-state index contributed by atoms with van der Waals surface area (Å²) in [6.07, 6.45) is 1.27. The molecule has 86 valence electrons. The summed E-state index contributed by atoms with van der Waals surface area (Å²) in [5.41, 5.74) is 5.97. The molecule has 0 heterocycles. The lowest BCUT2D eigenvalue weighted by Gasteiger charge is -2.27. The van der Waals surface area contributed by atoms with Gasteiger partial charge in [-0.2, -0.15) is 0 Å². The molecule has 0 aromatic rings. The van der Waals surface area contributed by atoms with Crippen molar-refractivity contribution >= 4 is 0 Å². The Labute approximate surface area is 89.6 Å². The maximum atomic E-state index is 5.56. The third-order valence-electron chi connectivity index (χ3n) is 2.46. The fourth-order valence-electron chi connectivity index (χ4n) is 1.92. The molecule has 1 unspecified atom stereocenters. The molecular weight excluding hydrogens is 172 g/mol. The minimum absolute atomic E-state index is 0.405. The lowest BCUT2D eigenvalue weighted by Crippen LogP contribution is -2.34. The average molecular weight is 200 g/mol. The van der Waals surface area contributed by atoms with E-state index in [4.69, 9.17) is 5.73 Å². The fourth-order valence-corrected chi connectivity index (χ4v) is 1.92. The molecule has 0 aliphatic rings. The van der Waals surface area contributed by atoms with Crippen LogP contribution in [0.3, 0.4) is 0 Å². The highest BCUT2D eigenvalue weighted by Gasteiger charge is 2.18. The van der Waals surface area contributed by atoms with Crippen molar-refractivity contribution in [1.82, 2.24) is 5.32 Å². The Morgan fingerprint density at radius 3 is 2.21 bits per heavy atom. The Balaban J connectivity index is 3.65. The van der Waals surface area contributed by atoms with Crippen LogP contribution in [0.4, 0.5) is 0 Å². The summed E-state index contributed by atoms with van der Waals surface area (Å²) < 4.78 is 0. The van der Waals surface area contributed by atoms with Crippen molar-refractivity contribution in [3.8, 4) is 0 Å². The van der Waals surface area contributed by atoms with Gasteiger partial charge < -0.3 is 11.1 Å². The first-order valence-electron chi connectivity index (χ1n) is 5.78. The van der Waals surface area contributed by atoms with Gasteiger partial charge in [0.2, 0.25) is 0 Å². The first kappa shape index (κ1) is 13.9. The van der Waals surface area contributed by atoms with Crippen LogP contribution in [0.5, 0.6) is 0 Å². The monoisotopic (exact) mass is 200 g/mol. The van der Waals surface area contributed by atoms with Gasteiger partial charge in [-0.1, -0.05) is 34.6 Å². The van der Waals surface area contributed by atoms with E-state index in [-0.39, 0.29) is 0 Å². The van der Waals surface area contributed by atoms with Gasteiger partial charge in [-0.3, -0.25) is 0 Å². The van der Waals surface area contributed by atoms with Crippen LogP contribution in [0.15, 0.2) is 0 Å². The topological polar surface area (TPSA) is 38.0 Å². The van der Waals surface area contributed by atoms with Crippen LogP contribution in [-0.2, 0) is 0 Å². The van der Waals surface area contributed by atoms with Crippen molar-refractivity contribution < 1.29 is 0 Å². The molecule has 0 saturated heterocycles. The third-order valence-corrected chi connectivity index (χ3v) is 2.46. The molecular formula is C12H28N2. The minimum Gasteiger partial charge on any atom is -0.330 e. The molecule has 0 radical (unpaired) electrons. The van der Waals surface area contributed by atoms with Crippen LogP contribution in [0.25, 0.3) is 0 Å². The Morgan fingerprint density at radius 1 is 1.21 bits per heavy atom. The molecule has 0 fully saturated rings. The smallest absolute Gasteiger partial charge is 0.000274 e. The van der Waals surface area contributed by atoms with Crippen LogP contribution in [0.1, 0.15) is 41.0 Å². The van der Waals surface area contributed by atoms with Crippen molar-refractivity contribution in [1.29, 1.82) is 0 Å². The molecule has 2 nitrogen and oxygen atoms in total. The standard InChI is InChI=1S/C12H28N2/c1-10(2)6-12(4,5)9-14-8-11(3)7-13/h10-11,14H,6-9,13H2,1-5H3. The summed E-state index contributed by atoms with van der Waals surface area (Å²) in [5.74, 6) is 1.36. The van der Waals surface area contributed by atoms with Gasteiger partial charge in [0.25, 0.3) is 0 Å². The SMILES string of the molecule is CC(C)CC(C)(C)CNCC(C)CN. The second-order valence-corrected chi connectivity index (χ2v) is 5.73. The molecule has 0 saturated carbocycles. The van der Waals surface area contributed by atoms with Gasteiger partial charge in [0.1, 0.15) is 0 Å². The Morgan fingerprint density at radius 2 is 1.79 bits per heavy atom. The summed E-state index contributed by atoms with van der Waals surface area (Å²) >= 11 is 0. The second-order valence-electron chi connectivity index (χ2n) is 5.73. The van der Waals surface area contributed by atoms with Gasteiger partial charge >= 0.3 is 0 Å². The van der Waals surface area contributed by atoms with Crippen LogP contribution < -0.4 is 11.1 Å². The predicted molar refractivity (Wildman–Crippen MR) is 64.3 cm³/mol. The number of nitrogens with two attached hydrogens (primary N) is 1. The van der Waals surface area contributed by atoms with Crippen molar-refractivity contribution in [2.45, 2.75) is 41.0 Å². The van der Waals surface area contributed by atoms with Gasteiger partial charge in [0.05, 0.1) is 0 Å². The molecule has 0 bridgehead atoms. The number of rotatable bonds is 7. The van der Waals surface area contributed by atoms with Crippen LogP contribution in [0.2, 0.25) is 0 Å². The van der Waals surface area contributed by atoms with Crippen molar-refractivity contribution in [2.24, 2.45) is 23.0 Å². The van der Waals surface area contributed by atoms with Crippen LogP contribution in [0, 0.1) is 17.3 Å². The minimum atomic E-state index is 0.405. The van der Waals surface area contributed by atoms with Crippen molar-refractivity contribution in [3.63, 3.8) is 0 Å². The molecule has 1 atom stereocenters. The highest BCUT2D eigenvalue weighted by Crippen LogP contribution is 2.23. The van der Waals surface area contributed by atoms with Crippen LogP contribution in [-0.4, -0.2) is 19.6 Å². The highest BCUT2D eigenvalue weighted by molar-refractivity contribution is 4.73. The zero-order valence-electron chi connectivity index (χ0n) is 10.6. The summed E-state index contributed by atoms with van der Waals surface area (Å²) in [7, 11) is 0. The second kappa shape index (κ2) is 6.41. The molecule has 0 aromatic carbocycles. The summed E-state index contributed by atoms with van der Waals surface area (Å²) in [6.45, 7) is 14.3. The van der Waals surface area contributed by atoms with E-state index >= 15 is 0 Å². The lowest BCUT2D eigenvalue weighted by atomic mass is 9.84. The molecule has 3 N–H and O–H groups in total. The normalized spacial score (nSPS) is 14.8. The Hall–Kier alpha value is -0.0800. The fraction of sp³-hybridized carbons (Fsp3) is 1.00. The van der Waals surface area contributed by atoms with Gasteiger partial charge in [-0.15, -0.1) is 0 Å². The van der Waals surface area contributed by atoms with Crippen molar-refractivity contribution in [3.05, 3.63) is 0 Å². The summed E-state index contributed by atoms with van der Waals surface area (Å²) in [6, 6.07) is 0. The van der Waals surface area contributed by atoms with E-state index in [2.05, 4.69) is 39.9 Å². The van der Waals surface area contributed by atoms with Gasteiger partial charge in [-0.25, -0.2) is 0 Å². The largest absolute Gasteiger partial charge is 0.330 e. The predicted octanol–water partition coefficient (Wildman–Crippen LogP) is 2.24.